The highest BCUT2D eigenvalue weighted by molar-refractivity contribution is 5.83. The smallest absolute Gasteiger partial charge is 0.248 e. The molecule has 2 aromatic heterocycles. The van der Waals surface area contributed by atoms with E-state index >= 15 is 0 Å². The van der Waals surface area contributed by atoms with Crippen LogP contribution in [0, 0.1) is 5.92 Å². The van der Waals surface area contributed by atoms with E-state index < -0.39 is 0 Å². The molecule has 7 nitrogen and oxygen atoms in total. The van der Waals surface area contributed by atoms with Gasteiger partial charge in [-0.25, -0.2) is 4.98 Å². The molecule has 2 aliphatic carbocycles. The minimum atomic E-state index is -0.274. The van der Waals surface area contributed by atoms with Crippen LogP contribution in [-0.2, 0) is 4.79 Å². The number of nitrogens with zero attached hydrogens (tertiary/aromatic N) is 3. The number of carbonyl (C=O) groups is 1. The third kappa shape index (κ3) is 2.69. The number of para-hydroxylation sites is 2. The van der Waals surface area contributed by atoms with Gasteiger partial charge in [-0.3, -0.25) is 4.79 Å². The molecule has 0 bridgehead atoms. The fourth-order valence-electron chi connectivity index (χ4n) is 3.25. The molecule has 2 N–H and O–H groups in total. The van der Waals surface area contributed by atoms with Crippen molar-refractivity contribution in [2.24, 2.45) is 5.92 Å². The minimum Gasteiger partial charge on any atom is -0.344 e. The first kappa shape index (κ1) is 14.6. The Kier molecular flexibility index (Phi) is 3.16. The molecule has 2 aliphatic rings. The van der Waals surface area contributed by atoms with Crippen molar-refractivity contribution in [2.75, 3.05) is 0 Å². The average Bonchev–Trinajstić information content (AvgIpc) is 3.53. The molecule has 0 aliphatic heterocycles. The molecule has 1 amide bonds. The van der Waals surface area contributed by atoms with Gasteiger partial charge in [-0.1, -0.05) is 17.3 Å². The number of amides is 1. The van der Waals surface area contributed by atoms with E-state index in [9.17, 15) is 4.79 Å². The number of hydrogen-bond donors (Lipinski definition) is 2. The zero-order chi connectivity index (χ0) is 17.0. The molecule has 2 saturated carbocycles. The molecule has 0 radical (unpaired) electrons. The van der Waals surface area contributed by atoms with Crippen molar-refractivity contribution >= 4 is 16.9 Å². The first-order valence-electron chi connectivity index (χ1n) is 8.77. The second kappa shape index (κ2) is 5.40. The molecular formula is C18H19N5O2. The second-order valence-corrected chi connectivity index (χ2v) is 7.08. The van der Waals surface area contributed by atoms with Crippen LogP contribution >= 0.6 is 0 Å². The van der Waals surface area contributed by atoms with Crippen molar-refractivity contribution in [2.45, 2.75) is 44.1 Å². The van der Waals surface area contributed by atoms with E-state index in [1.165, 1.54) is 0 Å². The Hall–Kier alpha value is -2.70. The molecular weight excluding hydrogens is 318 g/mol. The monoisotopic (exact) mass is 337 g/mol. The van der Waals surface area contributed by atoms with Crippen LogP contribution < -0.4 is 5.32 Å². The summed E-state index contributed by atoms with van der Waals surface area (Å²) >= 11 is 0. The normalized spacial score (nSPS) is 23.6. The summed E-state index contributed by atoms with van der Waals surface area (Å²) in [5, 5.41) is 6.99. The molecule has 0 saturated heterocycles. The lowest BCUT2D eigenvalue weighted by Crippen LogP contribution is -2.28. The number of H-pyrrole nitrogens is 1. The molecule has 1 aromatic carbocycles. The standard InChI is InChI=1S/C18H19N5O2/c1-9(18-22-15(23-25-18)10-6-7-10)19-17(24)12-8-11(12)16-20-13-4-2-3-5-14(13)21-16/h2-5,9-12H,6-8H2,1H3,(H,19,24)(H,20,21)/t9?,11-,12-/m0/s1. The molecule has 1 unspecified atom stereocenters. The number of fused-ring (bicyclic) bond motifs is 1. The number of benzene rings is 1. The zero-order valence-electron chi connectivity index (χ0n) is 13.9. The maximum Gasteiger partial charge on any atom is 0.248 e. The van der Waals surface area contributed by atoms with Crippen molar-refractivity contribution < 1.29 is 9.32 Å². The van der Waals surface area contributed by atoms with Gasteiger partial charge in [0.05, 0.1) is 11.0 Å². The maximum atomic E-state index is 12.5. The molecule has 7 heteroatoms. The number of nitrogens with one attached hydrogen (secondary N) is 2. The number of rotatable bonds is 5. The van der Waals surface area contributed by atoms with Crippen LogP contribution in [0.5, 0.6) is 0 Å². The average molecular weight is 337 g/mol. The summed E-state index contributed by atoms with van der Waals surface area (Å²) in [4.78, 5) is 24.8. The number of carbonyl (C=O) groups excluding carboxylic acids is 1. The van der Waals surface area contributed by atoms with Gasteiger partial charge in [-0.2, -0.15) is 4.98 Å². The van der Waals surface area contributed by atoms with Crippen molar-refractivity contribution in [3.63, 3.8) is 0 Å². The van der Waals surface area contributed by atoms with Gasteiger partial charge in [0.1, 0.15) is 11.9 Å². The van der Waals surface area contributed by atoms with E-state index in [2.05, 4.69) is 25.4 Å². The Morgan fingerprint density at radius 2 is 2.16 bits per heavy atom. The lowest BCUT2D eigenvalue weighted by Gasteiger charge is -2.09. The molecule has 3 aromatic rings. The lowest BCUT2D eigenvalue weighted by atomic mass is 10.2. The Balaban J connectivity index is 1.24. The van der Waals surface area contributed by atoms with Crippen molar-refractivity contribution in [1.29, 1.82) is 0 Å². The van der Waals surface area contributed by atoms with Gasteiger partial charge in [-0.15, -0.1) is 0 Å². The van der Waals surface area contributed by atoms with Crippen LogP contribution in [0.15, 0.2) is 28.8 Å². The number of hydrogen-bond acceptors (Lipinski definition) is 5. The van der Waals surface area contributed by atoms with Gasteiger partial charge in [-0.05, 0) is 38.3 Å². The summed E-state index contributed by atoms with van der Waals surface area (Å²) in [6, 6.07) is 7.64. The van der Waals surface area contributed by atoms with E-state index in [4.69, 9.17) is 4.52 Å². The van der Waals surface area contributed by atoms with Crippen LogP contribution in [0.1, 0.15) is 61.6 Å². The van der Waals surface area contributed by atoms with E-state index in [1.54, 1.807) is 0 Å². The fourth-order valence-corrected chi connectivity index (χ4v) is 3.25. The summed E-state index contributed by atoms with van der Waals surface area (Å²) in [5.41, 5.74) is 1.95. The van der Waals surface area contributed by atoms with E-state index in [-0.39, 0.29) is 23.8 Å². The predicted octanol–water partition coefficient (Wildman–Crippen LogP) is 2.80. The predicted molar refractivity (Wildman–Crippen MR) is 89.8 cm³/mol. The Labute approximate surface area is 144 Å². The molecule has 25 heavy (non-hydrogen) atoms. The van der Waals surface area contributed by atoms with Gasteiger partial charge in [0, 0.05) is 17.8 Å². The lowest BCUT2D eigenvalue weighted by molar-refractivity contribution is -0.123. The fraction of sp³-hybridized carbons (Fsp3) is 0.444. The highest BCUT2D eigenvalue weighted by Crippen LogP contribution is 2.47. The van der Waals surface area contributed by atoms with Crippen LogP contribution in [0.25, 0.3) is 11.0 Å². The van der Waals surface area contributed by atoms with Gasteiger partial charge in [0.25, 0.3) is 0 Å². The van der Waals surface area contributed by atoms with Gasteiger partial charge < -0.3 is 14.8 Å². The van der Waals surface area contributed by atoms with E-state index in [0.717, 1.165) is 41.9 Å². The Morgan fingerprint density at radius 1 is 1.32 bits per heavy atom. The SMILES string of the molecule is CC(NC(=O)[C@H]1C[C@@H]1c1nc2ccccc2[nH]1)c1nc(C2CC2)no1. The van der Waals surface area contributed by atoms with Crippen LogP contribution in [0.4, 0.5) is 0 Å². The third-order valence-corrected chi connectivity index (χ3v) is 5.02. The molecule has 2 fully saturated rings. The van der Waals surface area contributed by atoms with Gasteiger partial charge >= 0.3 is 0 Å². The molecule has 0 spiro atoms. The third-order valence-electron chi connectivity index (χ3n) is 5.02. The summed E-state index contributed by atoms with van der Waals surface area (Å²) in [6.07, 6.45) is 3.07. The summed E-state index contributed by atoms with van der Waals surface area (Å²) in [5.74, 6) is 2.71. The zero-order valence-corrected chi connectivity index (χ0v) is 13.9. The van der Waals surface area contributed by atoms with Crippen LogP contribution in [-0.4, -0.2) is 26.0 Å². The van der Waals surface area contributed by atoms with Gasteiger partial charge in [0.15, 0.2) is 5.82 Å². The molecule has 128 valence electrons. The largest absolute Gasteiger partial charge is 0.344 e. The molecule has 2 heterocycles. The number of aromatic amines is 1. The topological polar surface area (TPSA) is 96.7 Å². The molecule has 3 atom stereocenters. The minimum absolute atomic E-state index is 0.0177. The Bertz CT molecular complexity index is 909. The summed E-state index contributed by atoms with van der Waals surface area (Å²) in [7, 11) is 0. The first-order chi connectivity index (χ1) is 12.2. The quantitative estimate of drug-likeness (QED) is 0.746. The second-order valence-electron chi connectivity index (χ2n) is 7.08. The summed E-state index contributed by atoms with van der Waals surface area (Å²) in [6.45, 7) is 1.88. The number of imidazole rings is 1. The maximum absolute atomic E-state index is 12.5. The Morgan fingerprint density at radius 3 is 2.96 bits per heavy atom. The van der Waals surface area contributed by atoms with E-state index in [0.29, 0.717) is 11.8 Å². The van der Waals surface area contributed by atoms with Crippen LogP contribution in [0.3, 0.4) is 0 Å². The van der Waals surface area contributed by atoms with E-state index in [1.807, 2.05) is 31.2 Å². The van der Waals surface area contributed by atoms with Crippen LogP contribution in [0.2, 0.25) is 0 Å². The molecule has 5 rings (SSSR count). The first-order valence-corrected chi connectivity index (χ1v) is 8.77. The van der Waals surface area contributed by atoms with Crippen molar-refractivity contribution in [3.8, 4) is 0 Å². The summed E-state index contributed by atoms with van der Waals surface area (Å²) < 4.78 is 5.29. The highest BCUT2D eigenvalue weighted by atomic mass is 16.5. The number of aromatic nitrogens is 4. The van der Waals surface area contributed by atoms with Gasteiger partial charge in [0.2, 0.25) is 11.8 Å². The van der Waals surface area contributed by atoms with Crippen molar-refractivity contribution in [1.82, 2.24) is 25.4 Å². The highest BCUT2D eigenvalue weighted by Gasteiger charge is 2.46. The van der Waals surface area contributed by atoms with Crippen molar-refractivity contribution in [3.05, 3.63) is 41.8 Å².